The normalized spacial score (nSPS) is 14.5. The number of carbonyl (C=O) groups excluding carboxylic acids is 1. The molecule has 154 valence electrons. The molecule has 4 rings (SSSR count). The quantitative estimate of drug-likeness (QED) is 0.649. The van der Waals surface area contributed by atoms with E-state index in [1.807, 2.05) is 40.1 Å². The van der Waals surface area contributed by atoms with Crippen molar-refractivity contribution in [1.82, 2.24) is 29.3 Å². The van der Waals surface area contributed by atoms with E-state index in [0.29, 0.717) is 42.0 Å². The van der Waals surface area contributed by atoms with Gasteiger partial charge in [-0.3, -0.25) is 4.68 Å². The minimum Gasteiger partial charge on any atom is -0.444 e. The van der Waals surface area contributed by atoms with E-state index in [1.165, 1.54) is 0 Å². The summed E-state index contributed by atoms with van der Waals surface area (Å²) in [6.45, 7) is 6.49. The second kappa shape index (κ2) is 7.30. The van der Waals surface area contributed by atoms with Gasteiger partial charge in [0.15, 0.2) is 0 Å². The Labute approximate surface area is 174 Å². The second-order valence-electron chi connectivity index (χ2n) is 8.25. The number of ether oxygens (including phenoxy) is 1. The molecular formula is C21H23N7O2. The number of aromatic nitrogens is 5. The first-order chi connectivity index (χ1) is 14.2. The molecule has 0 aliphatic carbocycles. The molecule has 0 spiro atoms. The van der Waals surface area contributed by atoms with Crippen molar-refractivity contribution in [3.8, 4) is 17.3 Å². The van der Waals surface area contributed by atoms with E-state index in [1.54, 1.807) is 32.7 Å². The van der Waals surface area contributed by atoms with Crippen LogP contribution in [0.25, 0.3) is 22.3 Å². The summed E-state index contributed by atoms with van der Waals surface area (Å²) < 4.78 is 8.86. The fraction of sp³-hybridized carbons (Fsp3) is 0.381. The highest BCUT2D eigenvalue weighted by atomic mass is 16.6. The maximum absolute atomic E-state index is 12.4. The summed E-state index contributed by atoms with van der Waals surface area (Å²) in [5.74, 6) is 0. The zero-order chi connectivity index (χ0) is 21.5. The van der Waals surface area contributed by atoms with Crippen LogP contribution in [0.5, 0.6) is 0 Å². The van der Waals surface area contributed by atoms with Crippen LogP contribution in [0.1, 0.15) is 38.4 Å². The number of hydrogen-bond acceptors (Lipinski definition) is 6. The SMILES string of the molecule is Cn1cc(-c2cn3ncc(C#N)c3c(C3=CCN(C(=O)OC(C)(C)C)CC3)n2)cn1. The van der Waals surface area contributed by atoms with Crippen molar-refractivity contribution in [1.29, 1.82) is 5.26 Å². The molecule has 3 aromatic rings. The van der Waals surface area contributed by atoms with E-state index in [4.69, 9.17) is 9.72 Å². The Kier molecular flexibility index (Phi) is 4.78. The fourth-order valence-electron chi connectivity index (χ4n) is 3.39. The molecule has 3 aromatic heterocycles. The van der Waals surface area contributed by atoms with E-state index in [9.17, 15) is 10.1 Å². The molecule has 0 radical (unpaired) electrons. The van der Waals surface area contributed by atoms with Gasteiger partial charge >= 0.3 is 6.09 Å². The smallest absolute Gasteiger partial charge is 0.410 e. The van der Waals surface area contributed by atoms with Crippen molar-refractivity contribution in [2.45, 2.75) is 32.8 Å². The standard InChI is InChI=1S/C21H23N7O2/c1-21(2,3)30-20(29)27-7-5-14(6-8-27)18-19-15(9-22)10-24-28(19)13-17(25-18)16-11-23-26(4)12-16/h5,10-13H,6-8H2,1-4H3. The van der Waals surface area contributed by atoms with Crippen LogP contribution in [0.4, 0.5) is 4.79 Å². The summed E-state index contributed by atoms with van der Waals surface area (Å²) >= 11 is 0. The van der Waals surface area contributed by atoms with Gasteiger partial charge in [0.25, 0.3) is 0 Å². The summed E-state index contributed by atoms with van der Waals surface area (Å²) in [6.07, 6.45) is 9.21. The molecule has 4 heterocycles. The third kappa shape index (κ3) is 3.76. The third-order valence-corrected chi connectivity index (χ3v) is 4.78. The predicted octanol–water partition coefficient (Wildman–Crippen LogP) is 3.03. The molecule has 0 fully saturated rings. The molecule has 0 aromatic carbocycles. The van der Waals surface area contributed by atoms with Crippen molar-refractivity contribution in [3.63, 3.8) is 0 Å². The lowest BCUT2D eigenvalue weighted by atomic mass is 10.0. The molecule has 1 aliphatic heterocycles. The van der Waals surface area contributed by atoms with Gasteiger partial charge in [-0.2, -0.15) is 15.5 Å². The van der Waals surface area contributed by atoms with Gasteiger partial charge in [-0.15, -0.1) is 0 Å². The molecule has 9 nitrogen and oxygen atoms in total. The number of nitriles is 1. The number of hydrogen-bond donors (Lipinski definition) is 0. The molecule has 0 bridgehead atoms. The average molecular weight is 405 g/mol. The van der Waals surface area contributed by atoms with Gasteiger partial charge in [-0.1, -0.05) is 6.08 Å². The lowest BCUT2D eigenvalue weighted by Crippen LogP contribution is -2.39. The highest BCUT2D eigenvalue weighted by Crippen LogP contribution is 2.29. The number of fused-ring (bicyclic) bond motifs is 1. The molecule has 0 N–H and O–H groups in total. The number of nitrogens with zero attached hydrogens (tertiary/aromatic N) is 7. The minimum absolute atomic E-state index is 0.331. The Balaban J connectivity index is 1.72. The zero-order valence-corrected chi connectivity index (χ0v) is 17.5. The zero-order valence-electron chi connectivity index (χ0n) is 17.5. The van der Waals surface area contributed by atoms with Crippen LogP contribution >= 0.6 is 0 Å². The summed E-state index contributed by atoms with van der Waals surface area (Å²) in [4.78, 5) is 18.9. The van der Waals surface area contributed by atoms with Gasteiger partial charge in [0.2, 0.25) is 0 Å². The molecule has 9 heteroatoms. The monoisotopic (exact) mass is 405 g/mol. The van der Waals surface area contributed by atoms with Gasteiger partial charge in [0, 0.05) is 31.9 Å². The highest BCUT2D eigenvalue weighted by molar-refractivity contribution is 5.82. The molecule has 1 amide bonds. The van der Waals surface area contributed by atoms with Crippen LogP contribution < -0.4 is 0 Å². The van der Waals surface area contributed by atoms with Crippen molar-refractivity contribution in [3.05, 3.63) is 42.1 Å². The maximum Gasteiger partial charge on any atom is 0.410 e. The van der Waals surface area contributed by atoms with Crippen molar-refractivity contribution >= 4 is 17.2 Å². The van der Waals surface area contributed by atoms with E-state index in [0.717, 1.165) is 11.1 Å². The van der Waals surface area contributed by atoms with Crippen LogP contribution in [0.2, 0.25) is 0 Å². The Morgan fingerprint density at radius 2 is 2.03 bits per heavy atom. The first-order valence-electron chi connectivity index (χ1n) is 9.70. The molecule has 0 unspecified atom stereocenters. The lowest BCUT2D eigenvalue weighted by Gasteiger charge is -2.29. The molecule has 0 saturated heterocycles. The molecule has 1 aliphatic rings. The fourth-order valence-corrected chi connectivity index (χ4v) is 3.39. The molecule has 0 saturated carbocycles. The Bertz CT molecular complexity index is 1190. The van der Waals surface area contributed by atoms with Gasteiger partial charge in [0.1, 0.15) is 17.2 Å². The van der Waals surface area contributed by atoms with Crippen LogP contribution in [0, 0.1) is 11.3 Å². The second-order valence-corrected chi connectivity index (χ2v) is 8.25. The first-order valence-corrected chi connectivity index (χ1v) is 9.70. The van der Waals surface area contributed by atoms with Gasteiger partial charge in [-0.25, -0.2) is 14.3 Å². The van der Waals surface area contributed by atoms with Crippen molar-refractivity contribution < 1.29 is 9.53 Å². The summed E-state index contributed by atoms with van der Waals surface area (Å²) in [5, 5.41) is 18.1. The Morgan fingerprint density at radius 3 is 2.63 bits per heavy atom. The Hall–Kier alpha value is -3.67. The third-order valence-electron chi connectivity index (χ3n) is 4.78. The number of aryl methyl sites for hydroxylation is 1. The van der Waals surface area contributed by atoms with Crippen LogP contribution in [-0.2, 0) is 11.8 Å². The molecule has 0 atom stereocenters. The predicted molar refractivity (Wildman–Crippen MR) is 110 cm³/mol. The summed E-state index contributed by atoms with van der Waals surface area (Å²) in [6, 6.07) is 2.19. The molecular weight excluding hydrogens is 382 g/mol. The van der Waals surface area contributed by atoms with Gasteiger partial charge in [0.05, 0.1) is 35.5 Å². The minimum atomic E-state index is -0.536. The highest BCUT2D eigenvalue weighted by Gasteiger charge is 2.26. The van der Waals surface area contributed by atoms with E-state index < -0.39 is 5.60 Å². The maximum atomic E-state index is 12.4. The van der Waals surface area contributed by atoms with E-state index in [-0.39, 0.29) is 6.09 Å². The largest absolute Gasteiger partial charge is 0.444 e. The number of amides is 1. The summed E-state index contributed by atoms with van der Waals surface area (Å²) in [5.41, 5.74) is 3.85. The number of carbonyl (C=O) groups is 1. The first kappa shape index (κ1) is 19.6. The number of rotatable bonds is 2. The van der Waals surface area contributed by atoms with Crippen molar-refractivity contribution in [2.75, 3.05) is 13.1 Å². The van der Waals surface area contributed by atoms with Gasteiger partial charge in [-0.05, 0) is 32.8 Å². The summed E-state index contributed by atoms with van der Waals surface area (Å²) in [7, 11) is 1.85. The van der Waals surface area contributed by atoms with Crippen LogP contribution in [-0.4, -0.2) is 54.1 Å². The Morgan fingerprint density at radius 1 is 1.23 bits per heavy atom. The van der Waals surface area contributed by atoms with E-state index in [2.05, 4.69) is 16.3 Å². The topological polar surface area (TPSA) is 101 Å². The van der Waals surface area contributed by atoms with E-state index >= 15 is 0 Å². The average Bonchev–Trinajstić information content (AvgIpc) is 3.32. The molecule has 30 heavy (non-hydrogen) atoms. The van der Waals surface area contributed by atoms with Gasteiger partial charge < -0.3 is 9.64 Å². The van der Waals surface area contributed by atoms with Crippen molar-refractivity contribution in [2.24, 2.45) is 7.05 Å². The van der Waals surface area contributed by atoms with Crippen LogP contribution in [0.3, 0.4) is 0 Å². The van der Waals surface area contributed by atoms with Crippen LogP contribution in [0.15, 0.2) is 30.9 Å². The lowest BCUT2D eigenvalue weighted by molar-refractivity contribution is 0.0270.